The molecule has 1 aromatic rings. The van der Waals surface area contributed by atoms with Crippen LogP contribution < -0.4 is 5.01 Å². The Morgan fingerprint density at radius 3 is 2.81 bits per heavy atom. The molecule has 0 aromatic heterocycles. The molecule has 4 rings (SSSR count). The zero-order chi connectivity index (χ0) is 14.4. The second kappa shape index (κ2) is 4.53. The molecular formula is C16H10ClN3O. The second-order valence-electron chi connectivity index (χ2n) is 4.90. The van der Waals surface area contributed by atoms with Crippen LogP contribution >= 0.6 is 11.6 Å². The maximum absolute atomic E-state index is 12.5. The summed E-state index contributed by atoms with van der Waals surface area (Å²) in [5.41, 5.74) is 2.84. The van der Waals surface area contributed by atoms with Crippen LogP contribution in [0.3, 0.4) is 0 Å². The van der Waals surface area contributed by atoms with Crippen LogP contribution in [0.2, 0.25) is 0 Å². The van der Waals surface area contributed by atoms with Crippen LogP contribution in [-0.4, -0.2) is 17.3 Å². The summed E-state index contributed by atoms with van der Waals surface area (Å²) in [5, 5.41) is 6.55. The Kier molecular flexibility index (Phi) is 2.65. The molecule has 0 saturated carbocycles. The fourth-order valence-corrected chi connectivity index (χ4v) is 2.76. The number of halogens is 1. The number of hydrazone groups is 1. The Bertz CT molecular complexity index is 787. The van der Waals surface area contributed by atoms with Crippen molar-refractivity contribution in [2.24, 2.45) is 16.0 Å². The van der Waals surface area contributed by atoms with Gasteiger partial charge in [0.2, 0.25) is 0 Å². The minimum Gasteiger partial charge on any atom is -0.267 e. The normalized spacial score (nSPS) is 23.0. The Morgan fingerprint density at radius 2 is 2.00 bits per heavy atom. The molecule has 2 heterocycles. The molecule has 0 bridgehead atoms. The summed E-state index contributed by atoms with van der Waals surface area (Å²) in [6.07, 6.45) is 7.12. The molecule has 0 fully saturated rings. The lowest BCUT2D eigenvalue weighted by molar-refractivity contribution is -0.114. The van der Waals surface area contributed by atoms with Crippen LogP contribution in [0.1, 0.15) is 0 Å². The van der Waals surface area contributed by atoms with Crippen molar-refractivity contribution in [1.82, 2.24) is 0 Å². The summed E-state index contributed by atoms with van der Waals surface area (Å²) in [6, 6.07) is 9.37. The zero-order valence-corrected chi connectivity index (χ0v) is 11.7. The van der Waals surface area contributed by atoms with E-state index in [4.69, 9.17) is 11.6 Å². The van der Waals surface area contributed by atoms with E-state index in [-0.39, 0.29) is 11.8 Å². The number of rotatable bonds is 1. The van der Waals surface area contributed by atoms with Gasteiger partial charge in [0.1, 0.15) is 0 Å². The highest BCUT2D eigenvalue weighted by atomic mass is 35.5. The molecule has 3 aliphatic rings. The number of carbonyl (C=O) groups excluding carboxylic acids is 1. The predicted molar refractivity (Wildman–Crippen MR) is 83.4 cm³/mol. The lowest BCUT2D eigenvalue weighted by atomic mass is 9.88. The van der Waals surface area contributed by atoms with Crippen LogP contribution in [0, 0.1) is 5.92 Å². The fraction of sp³-hybridized carbons (Fsp3) is 0.0625. The van der Waals surface area contributed by atoms with Gasteiger partial charge in [0.05, 0.1) is 28.6 Å². The first-order valence-electron chi connectivity index (χ1n) is 6.56. The van der Waals surface area contributed by atoms with E-state index in [0.29, 0.717) is 10.6 Å². The first-order chi connectivity index (χ1) is 10.2. The Labute approximate surface area is 126 Å². The molecular weight excluding hydrogens is 286 g/mol. The predicted octanol–water partition coefficient (Wildman–Crippen LogP) is 3.04. The minimum absolute atomic E-state index is 0.106. The van der Waals surface area contributed by atoms with Gasteiger partial charge in [0.25, 0.3) is 5.91 Å². The van der Waals surface area contributed by atoms with E-state index in [9.17, 15) is 4.79 Å². The van der Waals surface area contributed by atoms with Gasteiger partial charge in [-0.3, -0.25) is 9.79 Å². The number of fused-ring (bicyclic) bond motifs is 3. The number of anilines is 1. The number of aliphatic imine (C=N–C) groups is 1. The molecule has 1 aromatic carbocycles. The third kappa shape index (κ3) is 1.87. The van der Waals surface area contributed by atoms with Crippen LogP contribution in [-0.2, 0) is 4.79 Å². The third-order valence-corrected chi connectivity index (χ3v) is 3.83. The van der Waals surface area contributed by atoms with Gasteiger partial charge in [-0.1, -0.05) is 35.9 Å². The van der Waals surface area contributed by atoms with E-state index in [1.54, 1.807) is 12.3 Å². The van der Waals surface area contributed by atoms with Gasteiger partial charge < -0.3 is 0 Å². The highest BCUT2D eigenvalue weighted by molar-refractivity contribution is 6.39. The van der Waals surface area contributed by atoms with Crippen molar-refractivity contribution in [2.75, 3.05) is 5.01 Å². The molecule has 1 amide bonds. The topological polar surface area (TPSA) is 45.0 Å². The number of para-hydroxylation sites is 1. The van der Waals surface area contributed by atoms with Gasteiger partial charge in [-0.25, -0.2) is 0 Å². The van der Waals surface area contributed by atoms with Crippen molar-refractivity contribution in [3.8, 4) is 0 Å². The lowest BCUT2D eigenvalue weighted by Gasteiger charge is -2.19. The first-order valence-corrected chi connectivity index (χ1v) is 6.93. The number of hydrogen-bond acceptors (Lipinski definition) is 3. The summed E-state index contributed by atoms with van der Waals surface area (Å²) in [5.74, 6) is -0.252. The van der Waals surface area contributed by atoms with Gasteiger partial charge in [-0.2, -0.15) is 10.1 Å². The summed E-state index contributed by atoms with van der Waals surface area (Å²) in [6.45, 7) is 0. The highest BCUT2D eigenvalue weighted by Crippen LogP contribution is 2.32. The number of nitrogens with zero attached hydrogens (tertiary/aromatic N) is 3. The fourth-order valence-electron chi connectivity index (χ4n) is 2.58. The smallest absolute Gasteiger partial charge is 0.267 e. The molecule has 4 nitrogen and oxygen atoms in total. The summed E-state index contributed by atoms with van der Waals surface area (Å²) in [7, 11) is 0. The van der Waals surface area contributed by atoms with Crippen LogP contribution in [0.4, 0.5) is 5.69 Å². The Morgan fingerprint density at radius 1 is 1.19 bits per heavy atom. The lowest BCUT2D eigenvalue weighted by Crippen LogP contribution is -2.27. The Hall–Kier alpha value is -2.46. The average molecular weight is 296 g/mol. The van der Waals surface area contributed by atoms with Gasteiger partial charge in [-0.05, 0) is 24.3 Å². The van der Waals surface area contributed by atoms with Crippen molar-refractivity contribution in [3.05, 3.63) is 65.4 Å². The number of allylic oxidation sites excluding steroid dienone is 4. The molecule has 0 radical (unpaired) electrons. The van der Waals surface area contributed by atoms with E-state index >= 15 is 0 Å². The first kappa shape index (κ1) is 12.3. The van der Waals surface area contributed by atoms with E-state index in [2.05, 4.69) is 10.1 Å². The maximum atomic E-state index is 12.5. The van der Waals surface area contributed by atoms with Crippen molar-refractivity contribution in [2.45, 2.75) is 0 Å². The molecule has 102 valence electrons. The number of carbonyl (C=O) groups is 1. The van der Waals surface area contributed by atoms with Gasteiger partial charge in [0.15, 0.2) is 0 Å². The molecule has 1 atom stereocenters. The largest absolute Gasteiger partial charge is 0.282 e. The third-order valence-electron chi connectivity index (χ3n) is 3.60. The van der Waals surface area contributed by atoms with Crippen LogP contribution in [0.5, 0.6) is 0 Å². The van der Waals surface area contributed by atoms with Crippen molar-refractivity contribution in [3.63, 3.8) is 0 Å². The highest BCUT2D eigenvalue weighted by Gasteiger charge is 2.38. The molecule has 1 aliphatic carbocycles. The average Bonchev–Trinajstić information content (AvgIpc) is 2.85. The molecule has 2 aliphatic heterocycles. The molecule has 21 heavy (non-hydrogen) atoms. The monoisotopic (exact) mass is 295 g/mol. The molecule has 0 N–H and O–H groups in total. The summed E-state index contributed by atoms with van der Waals surface area (Å²) < 4.78 is 0. The van der Waals surface area contributed by atoms with E-state index < -0.39 is 0 Å². The van der Waals surface area contributed by atoms with Gasteiger partial charge in [0, 0.05) is 11.2 Å². The van der Waals surface area contributed by atoms with Crippen LogP contribution in [0.25, 0.3) is 0 Å². The SMILES string of the molecule is O=C1C2=CN=C3C=C(Cl)C=CC3C2=NN1c1ccccc1. The Balaban J connectivity index is 1.79. The van der Waals surface area contributed by atoms with E-state index in [0.717, 1.165) is 17.1 Å². The molecule has 0 saturated heterocycles. The van der Waals surface area contributed by atoms with Crippen LogP contribution in [0.15, 0.2) is 75.5 Å². The number of hydrogen-bond donors (Lipinski definition) is 0. The number of benzene rings is 1. The van der Waals surface area contributed by atoms with Gasteiger partial charge >= 0.3 is 0 Å². The maximum Gasteiger partial charge on any atom is 0.282 e. The second-order valence-corrected chi connectivity index (χ2v) is 5.34. The minimum atomic E-state index is -0.145. The van der Waals surface area contributed by atoms with Crippen molar-refractivity contribution >= 4 is 34.6 Å². The van der Waals surface area contributed by atoms with E-state index in [1.165, 1.54) is 5.01 Å². The zero-order valence-electron chi connectivity index (χ0n) is 10.9. The van der Waals surface area contributed by atoms with Gasteiger partial charge in [-0.15, -0.1) is 0 Å². The van der Waals surface area contributed by atoms with E-state index in [1.807, 2.05) is 42.5 Å². The molecule has 1 unspecified atom stereocenters. The molecule has 0 spiro atoms. The molecule has 5 heteroatoms. The van der Waals surface area contributed by atoms with Crippen molar-refractivity contribution < 1.29 is 4.79 Å². The summed E-state index contributed by atoms with van der Waals surface area (Å²) in [4.78, 5) is 16.8. The summed E-state index contributed by atoms with van der Waals surface area (Å²) >= 11 is 5.99. The van der Waals surface area contributed by atoms with Crippen molar-refractivity contribution in [1.29, 1.82) is 0 Å². The standard InChI is InChI=1S/C16H10ClN3O/c17-10-6-7-12-14(8-10)18-9-13-15(12)19-20(16(13)21)11-4-2-1-3-5-11/h1-9,12H. The quantitative estimate of drug-likeness (QED) is 0.785. The number of amides is 1.